The summed E-state index contributed by atoms with van der Waals surface area (Å²) in [7, 11) is 0. The fraction of sp³-hybridized carbons (Fsp3) is 0.300. The monoisotopic (exact) mass is 337 g/mol. The predicted octanol–water partition coefficient (Wildman–Crippen LogP) is 3.05. The number of amides is 3. The number of urea groups is 1. The second-order valence-electron chi connectivity index (χ2n) is 6.39. The van der Waals surface area contributed by atoms with Gasteiger partial charge >= 0.3 is 6.03 Å². The van der Waals surface area contributed by atoms with Gasteiger partial charge < -0.3 is 16.4 Å². The molecule has 5 nitrogen and oxygen atoms in total. The minimum atomic E-state index is -0.471. The molecule has 130 valence electrons. The van der Waals surface area contributed by atoms with Gasteiger partial charge in [-0.2, -0.15) is 0 Å². The van der Waals surface area contributed by atoms with Gasteiger partial charge in [-0.15, -0.1) is 0 Å². The van der Waals surface area contributed by atoms with Crippen LogP contribution in [-0.2, 0) is 13.0 Å². The summed E-state index contributed by atoms with van der Waals surface area (Å²) in [5, 5.41) is 5.94. The van der Waals surface area contributed by atoms with Crippen LogP contribution in [0.3, 0.4) is 0 Å². The van der Waals surface area contributed by atoms with E-state index in [4.69, 9.17) is 5.73 Å². The van der Waals surface area contributed by atoms with Crippen molar-refractivity contribution in [2.45, 2.75) is 38.3 Å². The number of hydrogen-bond donors (Lipinski definition) is 3. The first kappa shape index (κ1) is 17.0. The summed E-state index contributed by atoms with van der Waals surface area (Å²) in [6.45, 7) is 0.349. The Labute approximate surface area is 147 Å². The molecule has 0 saturated carbocycles. The lowest BCUT2D eigenvalue weighted by Gasteiger charge is -2.19. The Bertz CT molecular complexity index is 773. The van der Waals surface area contributed by atoms with Gasteiger partial charge in [0, 0.05) is 12.1 Å². The normalized spacial score (nSPS) is 16.4. The molecular weight excluding hydrogens is 314 g/mol. The molecule has 0 bridgehead atoms. The SMILES string of the molecule is NC(=O)c1cccc(CNC(=O)N[C@@H]2CCCCc3ccccc32)c1. The van der Waals surface area contributed by atoms with Crippen LogP contribution in [-0.4, -0.2) is 11.9 Å². The fourth-order valence-electron chi connectivity index (χ4n) is 3.30. The molecule has 0 saturated heterocycles. The van der Waals surface area contributed by atoms with Gasteiger partial charge in [0.1, 0.15) is 0 Å². The van der Waals surface area contributed by atoms with Gasteiger partial charge in [-0.25, -0.2) is 4.79 Å². The number of rotatable bonds is 4. The fourth-order valence-corrected chi connectivity index (χ4v) is 3.30. The van der Waals surface area contributed by atoms with Crippen molar-refractivity contribution in [1.29, 1.82) is 0 Å². The van der Waals surface area contributed by atoms with Crippen molar-refractivity contribution in [3.8, 4) is 0 Å². The van der Waals surface area contributed by atoms with Gasteiger partial charge in [0.2, 0.25) is 5.91 Å². The summed E-state index contributed by atoms with van der Waals surface area (Å²) in [5.41, 5.74) is 9.10. The van der Waals surface area contributed by atoms with Crippen molar-refractivity contribution in [3.05, 3.63) is 70.8 Å². The summed E-state index contributed by atoms with van der Waals surface area (Å²) >= 11 is 0. The number of nitrogens with one attached hydrogen (secondary N) is 2. The average Bonchev–Trinajstić information content (AvgIpc) is 2.83. The average molecular weight is 337 g/mol. The zero-order chi connectivity index (χ0) is 17.6. The largest absolute Gasteiger partial charge is 0.366 e. The van der Waals surface area contributed by atoms with Gasteiger partial charge in [-0.3, -0.25) is 4.79 Å². The quantitative estimate of drug-likeness (QED) is 0.749. The smallest absolute Gasteiger partial charge is 0.315 e. The lowest BCUT2D eigenvalue weighted by molar-refractivity contribution is 0.1000. The molecule has 0 radical (unpaired) electrons. The second-order valence-corrected chi connectivity index (χ2v) is 6.39. The van der Waals surface area contributed by atoms with Crippen molar-refractivity contribution >= 4 is 11.9 Å². The zero-order valence-corrected chi connectivity index (χ0v) is 14.1. The molecule has 4 N–H and O–H groups in total. The number of benzene rings is 2. The van der Waals surface area contributed by atoms with E-state index < -0.39 is 5.91 Å². The number of aryl methyl sites for hydroxylation is 1. The van der Waals surface area contributed by atoms with E-state index in [9.17, 15) is 9.59 Å². The molecule has 0 heterocycles. The highest BCUT2D eigenvalue weighted by atomic mass is 16.2. The van der Waals surface area contributed by atoms with Crippen LogP contribution < -0.4 is 16.4 Å². The third-order valence-electron chi connectivity index (χ3n) is 4.59. The van der Waals surface area contributed by atoms with E-state index in [-0.39, 0.29) is 12.1 Å². The molecule has 0 aromatic heterocycles. The van der Waals surface area contributed by atoms with E-state index in [1.165, 1.54) is 11.1 Å². The number of carbonyl (C=O) groups excluding carboxylic acids is 2. The van der Waals surface area contributed by atoms with Crippen LogP contribution in [0.25, 0.3) is 0 Å². The maximum Gasteiger partial charge on any atom is 0.315 e. The zero-order valence-electron chi connectivity index (χ0n) is 14.1. The molecule has 0 aliphatic heterocycles. The first-order valence-corrected chi connectivity index (χ1v) is 8.64. The van der Waals surface area contributed by atoms with E-state index in [1.807, 2.05) is 18.2 Å². The molecule has 0 spiro atoms. The van der Waals surface area contributed by atoms with E-state index in [1.54, 1.807) is 18.2 Å². The van der Waals surface area contributed by atoms with Gasteiger partial charge in [-0.05, 0) is 48.1 Å². The van der Waals surface area contributed by atoms with Crippen molar-refractivity contribution in [2.24, 2.45) is 5.73 Å². The number of hydrogen-bond acceptors (Lipinski definition) is 2. The van der Waals surface area contributed by atoms with Crippen LogP contribution in [0.2, 0.25) is 0 Å². The summed E-state index contributed by atoms with van der Waals surface area (Å²) in [6.07, 6.45) is 4.26. The number of carbonyl (C=O) groups is 2. The lowest BCUT2D eigenvalue weighted by atomic mass is 9.99. The van der Waals surface area contributed by atoms with Crippen LogP contribution in [0.1, 0.15) is 52.4 Å². The van der Waals surface area contributed by atoms with Gasteiger partial charge in [0.25, 0.3) is 0 Å². The minimum absolute atomic E-state index is 0.0376. The highest BCUT2D eigenvalue weighted by Gasteiger charge is 2.19. The van der Waals surface area contributed by atoms with E-state index >= 15 is 0 Å². The third kappa shape index (κ3) is 4.38. The molecule has 3 rings (SSSR count). The van der Waals surface area contributed by atoms with Crippen molar-refractivity contribution in [1.82, 2.24) is 10.6 Å². The van der Waals surface area contributed by atoms with Crippen molar-refractivity contribution in [3.63, 3.8) is 0 Å². The van der Waals surface area contributed by atoms with E-state index in [0.29, 0.717) is 12.1 Å². The molecular formula is C20H23N3O2. The summed E-state index contributed by atoms with van der Waals surface area (Å²) in [4.78, 5) is 23.5. The third-order valence-corrected chi connectivity index (χ3v) is 4.59. The molecule has 5 heteroatoms. The summed E-state index contributed by atoms with van der Waals surface area (Å²) in [5.74, 6) is -0.471. The number of primary amides is 1. The maximum atomic E-state index is 12.3. The molecule has 2 aromatic carbocycles. The van der Waals surface area contributed by atoms with E-state index in [0.717, 1.165) is 31.2 Å². The molecule has 2 aromatic rings. The molecule has 0 unspecified atom stereocenters. The van der Waals surface area contributed by atoms with Gasteiger partial charge in [0.15, 0.2) is 0 Å². The Kier molecular flexibility index (Phi) is 5.33. The minimum Gasteiger partial charge on any atom is -0.366 e. The van der Waals surface area contributed by atoms with Crippen LogP contribution in [0.4, 0.5) is 4.79 Å². The Morgan fingerprint density at radius 1 is 1.08 bits per heavy atom. The molecule has 1 aliphatic rings. The molecule has 3 amide bonds. The molecule has 0 fully saturated rings. The first-order valence-electron chi connectivity index (χ1n) is 8.64. The van der Waals surface area contributed by atoms with Crippen molar-refractivity contribution in [2.75, 3.05) is 0 Å². The Balaban J connectivity index is 1.61. The Morgan fingerprint density at radius 3 is 2.76 bits per heavy atom. The van der Waals surface area contributed by atoms with Crippen LogP contribution in [0.15, 0.2) is 48.5 Å². The predicted molar refractivity (Wildman–Crippen MR) is 97.1 cm³/mol. The summed E-state index contributed by atoms with van der Waals surface area (Å²) in [6, 6.07) is 15.1. The molecule has 1 aliphatic carbocycles. The van der Waals surface area contributed by atoms with Gasteiger partial charge in [0.05, 0.1) is 6.04 Å². The Morgan fingerprint density at radius 2 is 1.92 bits per heavy atom. The highest BCUT2D eigenvalue weighted by Crippen LogP contribution is 2.28. The standard InChI is InChI=1S/C20H23N3O2/c21-19(24)16-9-5-6-14(12-16)13-22-20(25)23-18-11-4-2-8-15-7-1-3-10-17(15)18/h1,3,5-7,9-10,12,18H,2,4,8,11,13H2,(H2,21,24)(H2,22,23,25)/t18-/m1/s1. The topological polar surface area (TPSA) is 84.2 Å². The lowest BCUT2D eigenvalue weighted by Crippen LogP contribution is -2.37. The number of fused-ring (bicyclic) bond motifs is 1. The van der Waals surface area contributed by atoms with Crippen LogP contribution in [0.5, 0.6) is 0 Å². The number of nitrogens with two attached hydrogens (primary N) is 1. The second kappa shape index (κ2) is 7.83. The van der Waals surface area contributed by atoms with Crippen LogP contribution in [0, 0.1) is 0 Å². The molecule has 25 heavy (non-hydrogen) atoms. The Hall–Kier alpha value is -2.82. The van der Waals surface area contributed by atoms with Crippen LogP contribution >= 0.6 is 0 Å². The first-order chi connectivity index (χ1) is 12.1. The van der Waals surface area contributed by atoms with Gasteiger partial charge in [-0.1, -0.05) is 42.8 Å². The maximum absolute atomic E-state index is 12.3. The summed E-state index contributed by atoms with van der Waals surface area (Å²) < 4.78 is 0. The highest BCUT2D eigenvalue weighted by molar-refractivity contribution is 5.92. The van der Waals surface area contributed by atoms with Crippen molar-refractivity contribution < 1.29 is 9.59 Å². The molecule has 1 atom stereocenters. The van der Waals surface area contributed by atoms with E-state index in [2.05, 4.69) is 22.8 Å².